The van der Waals surface area contributed by atoms with Crippen molar-refractivity contribution in [2.45, 2.75) is 6.61 Å². The average molecular weight is 299 g/mol. The number of rotatable bonds is 3. The molecule has 4 nitrogen and oxygen atoms in total. The van der Waals surface area contributed by atoms with E-state index in [4.69, 9.17) is 28.3 Å². The van der Waals surface area contributed by atoms with Crippen molar-refractivity contribution in [3.63, 3.8) is 0 Å². The molecule has 1 heterocycles. The van der Waals surface area contributed by atoms with Gasteiger partial charge in [0, 0.05) is 12.7 Å². The average Bonchev–Trinajstić information content (AvgIpc) is 2.67. The van der Waals surface area contributed by atoms with Crippen LogP contribution in [-0.2, 0) is 13.7 Å². The Labute approximate surface area is 120 Å². The summed E-state index contributed by atoms with van der Waals surface area (Å²) in [6, 6.07) is 8.47. The van der Waals surface area contributed by atoms with Crippen LogP contribution in [0, 0.1) is 0 Å². The fraction of sp³-hybridized carbons (Fsp3) is 0.154. The zero-order valence-corrected chi connectivity index (χ0v) is 11.7. The Morgan fingerprint density at radius 3 is 2.68 bits per heavy atom. The van der Waals surface area contributed by atoms with Crippen LogP contribution in [0.2, 0.25) is 10.2 Å². The second kappa shape index (κ2) is 5.65. The first-order valence-electron chi connectivity index (χ1n) is 5.55. The van der Waals surface area contributed by atoms with Gasteiger partial charge in [0.2, 0.25) is 0 Å². The molecule has 0 saturated carbocycles. The van der Waals surface area contributed by atoms with Crippen molar-refractivity contribution in [1.29, 1.82) is 0 Å². The fourth-order valence-electron chi connectivity index (χ4n) is 1.70. The van der Waals surface area contributed by atoms with E-state index in [0.29, 0.717) is 21.6 Å². The molecule has 19 heavy (non-hydrogen) atoms. The summed E-state index contributed by atoms with van der Waals surface area (Å²) in [6.07, 6.45) is 0. The molecule has 0 aliphatic rings. The van der Waals surface area contributed by atoms with Gasteiger partial charge in [-0.2, -0.15) is 0 Å². The molecule has 0 unspecified atom stereocenters. The second-order valence-electron chi connectivity index (χ2n) is 4.04. The number of nitrogens with zero attached hydrogens (tertiary/aromatic N) is 1. The predicted molar refractivity (Wildman–Crippen MR) is 75.8 cm³/mol. The van der Waals surface area contributed by atoms with Gasteiger partial charge < -0.3 is 15.0 Å². The van der Waals surface area contributed by atoms with E-state index >= 15 is 0 Å². The predicted octanol–water partition coefficient (Wildman–Crippen LogP) is 3.08. The Morgan fingerprint density at radius 1 is 1.37 bits per heavy atom. The number of aliphatic hydroxyl groups is 1. The van der Waals surface area contributed by atoms with Crippen LogP contribution < -0.4 is 5.32 Å². The molecule has 2 rings (SSSR count). The van der Waals surface area contributed by atoms with Crippen molar-refractivity contribution in [2.75, 3.05) is 5.32 Å². The minimum atomic E-state index is -0.314. The van der Waals surface area contributed by atoms with E-state index < -0.39 is 0 Å². The molecule has 0 radical (unpaired) electrons. The molecular formula is C13H12Cl2N2O2. The summed E-state index contributed by atoms with van der Waals surface area (Å²) < 4.78 is 1.51. The number of aromatic nitrogens is 1. The Hall–Kier alpha value is -1.49. The van der Waals surface area contributed by atoms with Gasteiger partial charge in [-0.15, -0.1) is 0 Å². The molecular weight excluding hydrogens is 287 g/mol. The van der Waals surface area contributed by atoms with Gasteiger partial charge in [0.05, 0.1) is 11.6 Å². The minimum Gasteiger partial charge on any atom is -0.392 e. The van der Waals surface area contributed by atoms with E-state index in [2.05, 4.69) is 5.32 Å². The highest BCUT2D eigenvalue weighted by Gasteiger charge is 2.15. The van der Waals surface area contributed by atoms with Crippen molar-refractivity contribution < 1.29 is 9.90 Å². The Balaban J connectivity index is 2.23. The zero-order valence-electron chi connectivity index (χ0n) is 10.2. The highest BCUT2D eigenvalue weighted by molar-refractivity contribution is 6.42. The SMILES string of the molecule is Cn1c(C(=O)Nc2cccc(CO)c2)cc(Cl)c1Cl. The third kappa shape index (κ3) is 2.92. The lowest BCUT2D eigenvalue weighted by molar-refractivity contribution is 0.101. The highest BCUT2D eigenvalue weighted by Crippen LogP contribution is 2.25. The summed E-state index contributed by atoms with van der Waals surface area (Å²) in [5, 5.41) is 12.4. The van der Waals surface area contributed by atoms with Crippen LogP contribution in [0.15, 0.2) is 30.3 Å². The Morgan fingerprint density at radius 2 is 2.11 bits per heavy atom. The molecule has 2 aromatic rings. The number of hydrogen-bond acceptors (Lipinski definition) is 2. The monoisotopic (exact) mass is 298 g/mol. The maximum Gasteiger partial charge on any atom is 0.272 e. The van der Waals surface area contributed by atoms with Crippen molar-refractivity contribution in [3.05, 3.63) is 51.8 Å². The third-order valence-electron chi connectivity index (χ3n) is 2.72. The molecule has 1 aromatic heterocycles. The van der Waals surface area contributed by atoms with E-state index in [1.165, 1.54) is 10.6 Å². The number of carbonyl (C=O) groups is 1. The molecule has 1 aromatic carbocycles. The summed E-state index contributed by atoms with van der Waals surface area (Å²) >= 11 is 11.8. The van der Waals surface area contributed by atoms with Gasteiger partial charge in [-0.25, -0.2) is 0 Å². The lowest BCUT2D eigenvalue weighted by Crippen LogP contribution is -2.15. The highest BCUT2D eigenvalue weighted by atomic mass is 35.5. The van der Waals surface area contributed by atoms with Crippen LogP contribution in [0.1, 0.15) is 16.1 Å². The van der Waals surface area contributed by atoms with Gasteiger partial charge in [0.1, 0.15) is 10.8 Å². The largest absolute Gasteiger partial charge is 0.392 e. The van der Waals surface area contributed by atoms with E-state index in [-0.39, 0.29) is 12.5 Å². The Bertz CT molecular complexity index is 623. The first kappa shape index (κ1) is 13.9. The number of halogens is 2. The molecule has 0 aliphatic carbocycles. The maximum absolute atomic E-state index is 12.1. The second-order valence-corrected chi connectivity index (χ2v) is 4.81. The zero-order chi connectivity index (χ0) is 14.0. The number of hydrogen-bond donors (Lipinski definition) is 2. The first-order chi connectivity index (χ1) is 9.02. The molecule has 0 bridgehead atoms. The van der Waals surface area contributed by atoms with Crippen LogP contribution >= 0.6 is 23.2 Å². The summed E-state index contributed by atoms with van der Waals surface area (Å²) in [5.41, 5.74) is 1.69. The molecule has 0 aliphatic heterocycles. The van der Waals surface area contributed by atoms with Crippen molar-refractivity contribution in [2.24, 2.45) is 7.05 Å². The molecule has 6 heteroatoms. The van der Waals surface area contributed by atoms with Crippen molar-refractivity contribution in [1.82, 2.24) is 4.57 Å². The van der Waals surface area contributed by atoms with Gasteiger partial charge in [-0.1, -0.05) is 35.3 Å². The smallest absolute Gasteiger partial charge is 0.272 e. The van der Waals surface area contributed by atoms with Gasteiger partial charge in [-0.3, -0.25) is 4.79 Å². The van der Waals surface area contributed by atoms with Crippen LogP contribution in [0.5, 0.6) is 0 Å². The van der Waals surface area contributed by atoms with Crippen LogP contribution in [0.25, 0.3) is 0 Å². The number of carbonyl (C=O) groups excluding carboxylic acids is 1. The molecule has 1 amide bonds. The van der Waals surface area contributed by atoms with E-state index in [0.717, 1.165) is 5.56 Å². The molecule has 0 fully saturated rings. The van der Waals surface area contributed by atoms with Crippen LogP contribution in [0.4, 0.5) is 5.69 Å². The van der Waals surface area contributed by atoms with Crippen molar-refractivity contribution >= 4 is 34.8 Å². The van der Waals surface area contributed by atoms with Gasteiger partial charge in [0.15, 0.2) is 0 Å². The van der Waals surface area contributed by atoms with Crippen LogP contribution in [0.3, 0.4) is 0 Å². The van der Waals surface area contributed by atoms with E-state index in [1.54, 1.807) is 31.3 Å². The lowest BCUT2D eigenvalue weighted by atomic mass is 10.2. The fourth-order valence-corrected chi connectivity index (χ4v) is 2.08. The number of amides is 1. The Kier molecular flexibility index (Phi) is 4.14. The maximum atomic E-state index is 12.1. The van der Waals surface area contributed by atoms with Gasteiger partial charge in [-0.05, 0) is 23.8 Å². The number of benzene rings is 1. The standard InChI is InChI=1S/C13H12Cl2N2O2/c1-17-11(6-10(14)12(17)15)13(19)16-9-4-2-3-8(5-9)7-18/h2-6,18H,7H2,1H3,(H,16,19). The molecule has 0 atom stereocenters. The normalized spacial score (nSPS) is 10.5. The molecule has 0 saturated heterocycles. The van der Waals surface area contributed by atoms with E-state index in [1.807, 2.05) is 0 Å². The number of nitrogens with one attached hydrogen (secondary N) is 1. The molecule has 2 N–H and O–H groups in total. The molecule has 0 spiro atoms. The third-order valence-corrected chi connectivity index (χ3v) is 3.56. The summed E-state index contributed by atoms with van der Waals surface area (Å²) in [7, 11) is 1.66. The number of aliphatic hydroxyl groups excluding tert-OH is 1. The van der Waals surface area contributed by atoms with Gasteiger partial charge in [0.25, 0.3) is 5.91 Å². The van der Waals surface area contributed by atoms with E-state index in [9.17, 15) is 4.79 Å². The number of anilines is 1. The first-order valence-corrected chi connectivity index (χ1v) is 6.30. The van der Waals surface area contributed by atoms with Crippen LogP contribution in [-0.4, -0.2) is 15.6 Å². The summed E-state index contributed by atoms with van der Waals surface area (Å²) in [6.45, 7) is -0.0779. The topological polar surface area (TPSA) is 54.3 Å². The quantitative estimate of drug-likeness (QED) is 0.915. The lowest BCUT2D eigenvalue weighted by Gasteiger charge is -2.07. The van der Waals surface area contributed by atoms with Gasteiger partial charge >= 0.3 is 0 Å². The summed E-state index contributed by atoms with van der Waals surface area (Å²) in [4.78, 5) is 12.1. The minimum absolute atomic E-state index is 0.0779. The summed E-state index contributed by atoms with van der Waals surface area (Å²) in [5.74, 6) is -0.314. The molecule has 100 valence electrons. The van der Waals surface area contributed by atoms with Crippen molar-refractivity contribution in [3.8, 4) is 0 Å².